The molecule has 2 nitrogen and oxygen atoms in total. The molecule has 0 heterocycles. The number of rotatable bonds is 4. The predicted octanol–water partition coefficient (Wildman–Crippen LogP) is 2.61. The summed E-state index contributed by atoms with van der Waals surface area (Å²) >= 11 is 5.70. The van der Waals surface area contributed by atoms with Gasteiger partial charge in [-0.2, -0.15) is 0 Å². The van der Waals surface area contributed by atoms with E-state index in [9.17, 15) is 4.79 Å². The molecular formula is C11H11ClO2. The summed E-state index contributed by atoms with van der Waals surface area (Å²) < 4.78 is 4.84. The van der Waals surface area contributed by atoms with E-state index in [1.807, 2.05) is 0 Å². The van der Waals surface area contributed by atoms with E-state index in [1.54, 1.807) is 30.3 Å². The molecule has 14 heavy (non-hydrogen) atoms. The highest BCUT2D eigenvalue weighted by atomic mass is 35.5. The second kappa shape index (κ2) is 5.45. The minimum absolute atomic E-state index is 0.256. The zero-order valence-electron chi connectivity index (χ0n) is 7.70. The van der Waals surface area contributed by atoms with Crippen molar-refractivity contribution in [2.24, 2.45) is 0 Å². The molecule has 0 aromatic heterocycles. The van der Waals surface area contributed by atoms with Gasteiger partial charge in [0, 0.05) is 5.02 Å². The van der Waals surface area contributed by atoms with Crippen LogP contribution in [-0.4, -0.2) is 12.6 Å². The Balaban J connectivity index is 2.47. The van der Waals surface area contributed by atoms with Crippen molar-refractivity contribution in [1.82, 2.24) is 0 Å². The Morgan fingerprint density at radius 1 is 1.43 bits per heavy atom. The summed E-state index contributed by atoms with van der Waals surface area (Å²) in [6.07, 6.45) is 1.81. The van der Waals surface area contributed by atoms with Crippen LogP contribution in [0.25, 0.3) is 0 Å². The van der Waals surface area contributed by atoms with E-state index in [4.69, 9.17) is 16.3 Å². The zero-order valence-corrected chi connectivity index (χ0v) is 8.46. The van der Waals surface area contributed by atoms with Gasteiger partial charge in [-0.3, -0.25) is 4.79 Å². The molecule has 0 amide bonds. The first kappa shape index (κ1) is 10.8. The van der Waals surface area contributed by atoms with Gasteiger partial charge in [0.1, 0.15) is 6.61 Å². The SMILES string of the molecule is C=CCOC(=O)Cc1ccc(Cl)cc1. The fourth-order valence-corrected chi connectivity index (χ4v) is 1.10. The van der Waals surface area contributed by atoms with Gasteiger partial charge >= 0.3 is 5.97 Å². The van der Waals surface area contributed by atoms with Gasteiger partial charge in [0.15, 0.2) is 0 Å². The highest BCUT2D eigenvalue weighted by Gasteiger charge is 2.03. The fraction of sp³-hybridized carbons (Fsp3) is 0.182. The van der Waals surface area contributed by atoms with Gasteiger partial charge in [0.2, 0.25) is 0 Å². The van der Waals surface area contributed by atoms with Gasteiger partial charge < -0.3 is 4.74 Å². The minimum atomic E-state index is -0.257. The Morgan fingerprint density at radius 3 is 2.64 bits per heavy atom. The van der Waals surface area contributed by atoms with Gasteiger partial charge in [-0.25, -0.2) is 0 Å². The van der Waals surface area contributed by atoms with Crippen molar-refractivity contribution in [3.63, 3.8) is 0 Å². The Morgan fingerprint density at radius 2 is 2.07 bits per heavy atom. The Labute approximate surface area is 88.1 Å². The lowest BCUT2D eigenvalue weighted by molar-refractivity contribution is -0.141. The third kappa shape index (κ3) is 3.62. The van der Waals surface area contributed by atoms with Gasteiger partial charge in [-0.15, -0.1) is 0 Å². The fourth-order valence-electron chi connectivity index (χ4n) is 0.972. The first-order valence-corrected chi connectivity index (χ1v) is 4.61. The second-order valence-electron chi connectivity index (χ2n) is 2.77. The average Bonchev–Trinajstić information content (AvgIpc) is 2.18. The normalized spacial score (nSPS) is 9.50. The van der Waals surface area contributed by atoms with Crippen LogP contribution in [0.1, 0.15) is 5.56 Å². The van der Waals surface area contributed by atoms with Crippen LogP contribution in [0.3, 0.4) is 0 Å². The molecule has 3 heteroatoms. The summed E-state index contributed by atoms with van der Waals surface area (Å²) in [4.78, 5) is 11.2. The third-order valence-electron chi connectivity index (χ3n) is 1.62. The number of ether oxygens (including phenoxy) is 1. The van der Waals surface area contributed by atoms with Crippen LogP contribution in [0.5, 0.6) is 0 Å². The van der Waals surface area contributed by atoms with Crippen molar-refractivity contribution in [3.8, 4) is 0 Å². The summed E-state index contributed by atoms with van der Waals surface area (Å²) in [6.45, 7) is 3.71. The minimum Gasteiger partial charge on any atom is -0.461 e. The molecule has 1 aromatic carbocycles. The molecule has 0 fully saturated rings. The number of esters is 1. The van der Waals surface area contributed by atoms with Gasteiger partial charge in [-0.05, 0) is 17.7 Å². The lowest BCUT2D eigenvalue weighted by Crippen LogP contribution is -2.07. The summed E-state index contributed by atoms with van der Waals surface area (Å²) in [7, 11) is 0. The predicted molar refractivity (Wildman–Crippen MR) is 56.3 cm³/mol. The number of carbonyl (C=O) groups is 1. The van der Waals surface area contributed by atoms with E-state index in [0.717, 1.165) is 5.56 Å². The summed E-state index contributed by atoms with van der Waals surface area (Å²) in [6, 6.07) is 7.10. The summed E-state index contributed by atoms with van der Waals surface area (Å²) in [5.41, 5.74) is 0.892. The molecule has 1 rings (SSSR count). The van der Waals surface area contributed by atoms with Crippen LogP contribution in [0.4, 0.5) is 0 Å². The monoisotopic (exact) mass is 210 g/mol. The van der Waals surface area contributed by atoms with E-state index in [1.165, 1.54) is 0 Å². The number of hydrogen-bond donors (Lipinski definition) is 0. The van der Waals surface area contributed by atoms with E-state index >= 15 is 0 Å². The largest absolute Gasteiger partial charge is 0.461 e. The lowest BCUT2D eigenvalue weighted by atomic mass is 10.2. The zero-order chi connectivity index (χ0) is 10.4. The van der Waals surface area contributed by atoms with Crippen LogP contribution in [-0.2, 0) is 16.0 Å². The van der Waals surface area contributed by atoms with Crippen LogP contribution >= 0.6 is 11.6 Å². The van der Waals surface area contributed by atoms with Crippen molar-refractivity contribution in [2.75, 3.05) is 6.61 Å². The maximum absolute atomic E-state index is 11.2. The molecule has 0 N–H and O–H groups in total. The summed E-state index contributed by atoms with van der Waals surface area (Å²) in [5, 5.41) is 0.660. The number of carbonyl (C=O) groups excluding carboxylic acids is 1. The molecule has 0 unspecified atom stereocenters. The quantitative estimate of drug-likeness (QED) is 0.564. The molecular weight excluding hydrogens is 200 g/mol. The van der Waals surface area contributed by atoms with Crippen molar-refractivity contribution in [3.05, 3.63) is 47.5 Å². The highest BCUT2D eigenvalue weighted by Crippen LogP contribution is 2.10. The molecule has 0 bridgehead atoms. The Kier molecular flexibility index (Phi) is 4.20. The molecule has 0 aliphatic heterocycles. The smallest absolute Gasteiger partial charge is 0.310 e. The molecule has 0 atom stereocenters. The van der Waals surface area contributed by atoms with Crippen LogP contribution in [0.15, 0.2) is 36.9 Å². The van der Waals surface area contributed by atoms with Crippen LogP contribution in [0.2, 0.25) is 5.02 Å². The molecule has 0 saturated heterocycles. The molecule has 0 spiro atoms. The number of halogens is 1. The van der Waals surface area contributed by atoms with Gasteiger partial charge in [0.25, 0.3) is 0 Å². The van der Waals surface area contributed by atoms with Crippen molar-refractivity contribution in [2.45, 2.75) is 6.42 Å². The van der Waals surface area contributed by atoms with Gasteiger partial charge in [0.05, 0.1) is 6.42 Å². The number of hydrogen-bond acceptors (Lipinski definition) is 2. The first-order chi connectivity index (χ1) is 6.72. The first-order valence-electron chi connectivity index (χ1n) is 4.23. The lowest BCUT2D eigenvalue weighted by Gasteiger charge is -2.01. The van der Waals surface area contributed by atoms with E-state index in [-0.39, 0.29) is 19.0 Å². The Hall–Kier alpha value is -1.28. The average molecular weight is 211 g/mol. The second-order valence-corrected chi connectivity index (χ2v) is 3.21. The topological polar surface area (TPSA) is 26.3 Å². The van der Waals surface area contributed by atoms with Gasteiger partial charge in [-0.1, -0.05) is 36.4 Å². The van der Waals surface area contributed by atoms with E-state index in [0.29, 0.717) is 5.02 Å². The molecule has 74 valence electrons. The van der Waals surface area contributed by atoms with Crippen molar-refractivity contribution < 1.29 is 9.53 Å². The highest BCUT2D eigenvalue weighted by molar-refractivity contribution is 6.30. The molecule has 1 aromatic rings. The van der Waals surface area contributed by atoms with Crippen molar-refractivity contribution >= 4 is 17.6 Å². The standard InChI is InChI=1S/C11H11ClO2/c1-2-7-14-11(13)8-9-3-5-10(12)6-4-9/h2-6H,1,7-8H2. The molecule has 0 saturated carbocycles. The van der Waals surface area contributed by atoms with Crippen LogP contribution in [0, 0.1) is 0 Å². The molecule has 0 aliphatic carbocycles. The number of benzene rings is 1. The van der Waals surface area contributed by atoms with Crippen molar-refractivity contribution in [1.29, 1.82) is 0 Å². The third-order valence-corrected chi connectivity index (χ3v) is 1.88. The van der Waals surface area contributed by atoms with Crippen LogP contribution < -0.4 is 0 Å². The summed E-state index contributed by atoms with van der Waals surface area (Å²) in [5.74, 6) is -0.257. The maximum Gasteiger partial charge on any atom is 0.310 e. The Bertz CT molecular complexity index is 317. The van der Waals surface area contributed by atoms with E-state index in [2.05, 4.69) is 6.58 Å². The molecule has 0 radical (unpaired) electrons. The maximum atomic E-state index is 11.2. The molecule has 0 aliphatic rings. The van der Waals surface area contributed by atoms with E-state index < -0.39 is 0 Å².